The van der Waals surface area contributed by atoms with Crippen molar-refractivity contribution in [2.75, 3.05) is 30.4 Å². The van der Waals surface area contributed by atoms with Crippen molar-refractivity contribution >= 4 is 21.4 Å². The van der Waals surface area contributed by atoms with E-state index in [1.807, 2.05) is 18.0 Å². The Morgan fingerprint density at radius 1 is 1.32 bits per heavy atom. The lowest BCUT2D eigenvalue weighted by Crippen LogP contribution is -2.38. The zero-order valence-corrected chi connectivity index (χ0v) is 13.7. The molecule has 0 saturated carbocycles. The molecule has 1 heterocycles. The average Bonchev–Trinajstić information content (AvgIpc) is 3.04. The summed E-state index contributed by atoms with van der Waals surface area (Å²) in [5, 5.41) is 2.92. The summed E-state index contributed by atoms with van der Waals surface area (Å²) < 4.78 is 23.0. The lowest BCUT2D eigenvalue weighted by atomic mass is 10.1. The van der Waals surface area contributed by atoms with Crippen LogP contribution in [0.1, 0.15) is 24.0 Å². The second-order valence-electron chi connectivity index (χ2n) is 6.36. The molecule has 1 N–H and O–H groups in total. The number of hydrogen-bond acceptors (Lipinski definition) is 4. The van der Waals surface area contributed by atoms with Gasteiger partial charge in [0.25, 0.3) is 0 Å². The van der Waals surface area contributed by atoms with Crippen molar-refractivity contribution in [3.05, 3.63) is 29.3 Å². The van der Waals surface area contributed by atoms with Crippen LogP contribution in [0.5, 0.6) is 0 Å². The number of rotatable bonds is 4. The lowest BCUT2D eigenvalue weighted by Gasteiger charge is -2.22. The SMILES string of the molecule is CN(CC(=O)Nc1ccc2c(c1)CCC2)[C@H]1CCS(=O)(=O)C1. The molecule has 1 fully saturated rings. The van der Waals surface area contributed by atoms with Crippen LogP contribution in [-0.2, 0) is 27.5 Å². The molecule has 6 heteroatoms. The molecule has 1 atom stereocenters. The first-order valence-corrected chi connectivity index (χ1v) is 9.57. The molecule has 1 aliphatic heterocycles. The Bertz CT molecular complexity index is 685. The van der Waals surface area contributed by atoms with Crippen molar-refractivity contribution in [2.45, 2.75) is 31.7 Å². The Hall–Kier alpha value is -1.40. The van der Waals surface area contributed by atoms with E-state index in [9.17, 15) is 13.2 Å². The maximum Gasteiger partial charge on any atom is 0.238 e. The van der Waals surface area contributed by atoms with E-state index in [0.29, 0.717) is 6.42 Å². The van der Waals surface area contributed by atoms with Gasteiger partial charge in [-0.05, 0) is 56.0 Å². The van der Waals surface area contributed by atoms with Crippen molar-refractivity contribution in [1.29, 1.82) is 0 Å². The molecule has 1 saturated heterocycles. The Balaban J connectivity index is 1.56. The minimum absolute atomic E-state index is 0.0456. The summed E-state index contributed by atoms with van der Waals surface area (Å²) in [6.07, 6.45) is 4.01. The molecular formula is C16H22N2O3S. The highest BCUT2D eigenvalue weighted by atomic mass is 32.2. The molecule has 1 amide bonds. The number of likely N-dealkylation sites (N-methyl/N-ethyl adjacent to an activating group) is 1. The molecular weight excluding hydrogens is 300 g/mol. The molecule has 120 valence electrons. The fraction of sp³-hybridized carbons (Fsp3) is 0.562. The van der Waals surface area contributed by atoms with Gasteiger partial charge < -0.3 is 5.32 Å². The molecule has 1 aliphatic carbocycles. The van der Waals surface area contributed by atoms with E-state index < -0.39 is 9.84 Å². The van der Waals surface area contributed by atoms with Gasteiger partial charge in [0.2, 0.25) is 5.91 Å². The topological polar surface area (TPSA) is 66.5 Å². The number of hydrogen-bond donors (Lipinski definition) is 1. The molecule has 0 spiro atoms. The van der Waals surface area contributed by atoms with Crippen LogP contribution >= 0.6 is 0 Å². The van der Waals surface area contributed by atoms with E-state index in [4.69, 9.17) is 0 Å². The number of carbonyl (C=O) groups is 1. The molecule has 2 aliphatic rings. The number of amides is 1. The van der Waals surface area contributed by atoms with Crippen LogP contribution in [-0.4, -0.2) is 50.4 Å². The third-order valence-corrected chi connectivity index (χ3v) is 6.36. The Labute approximate surface area is 131 Å². The molecule has 3 rings (SSSR count). The van der Waals surface area contributed by atoms with E-state index in [0.717, 1.165) is 18.5 Å². The van der Waals surface area contributed by atoms with Gasteiger partial charge in [0.05, 0.1) is 18.1 Å². The van der Waals surface area contributed by atoms with Crippen molar-refractivity contribution in [3.63, 3.8) is 0 Å². The summed E-state index contributed by atoms with van der Waals surface area (Å²) in [4.78, 5) is 14.0. The number of nitrogens with zero attached hydrogens (tertiary/aromatic N) is 1. The Morgan fingerprint density at radius 3 is 2.82 bits per heavy atom. The third-order valence-electron chi connectivity index (χ3n) is 4.61. The number of fused-ring (bicyclic) bond motifs is 1. The first kappa shape index (κ1) is 15.5. The van der Waals surface area contributed by atoms with Crippen LogP contribution < -0.4 is 5.32 Å². The zero-order chi connectivity index (χ0) is 15.7. The van der Waals surface area contributed by atoms with Crippen LogP contribution in [0.2, 0.25) is 0 Å². The molecule has 0 radical (unpaired) electrons. The number of benzene rings is 1. The van der Waals surface area contributed by atoms with E-state index in [2.05, 4.69) is 17.4 Å². The highest BCUT2D eigenvalue weighted by Gasteiger charge is 2.31. The molecule has 0 bridgehead atoms. The first-order valence-electron chi connectivity index (χ1n) is 7.75. The smallest absolute Gasteiger partial charge is 0.238 e. The van der Waals surface area contributed by atoms with Crippen LogP contribution in [0.25, 0.3) is 0 Å². The van der Waals surface area contributed by atoms with Crippen molar-refractivity contribution in [3.8, 4) is 0 Å². The summed E-state index contributed by atoms with van der Waals surface area (Å²) in [7, 11) is -1.10. The Kier molecular flexibility index (Phi) is 4.23. The van der Waals surface area contributed by atoms with Gasteiger partial charge in [-0.15, -0.1) is 0 Å². The molecule has 1 aromatic carbocycles. The largest absolute Gasteiger partial charge is 0.325 e. The van der Waals surface area contributed by atoms with Crippen LogP contribution in [0.3, 0.4) is 0 Å². The Morgan fingerprint density at radius 2 is 2.09 bits per heavy atom. The zero-order valence-electron chi connectivity index (χ0n) is 12.8. The molecule has 22 heavy (non-hydrogen) atoms. The normalized spacial score (nSPS) is 22.7. The monoisotopic (exact) mass is 322 g/mol. The van der Waals surface area contributed by atoms with Gasteiger partial charge in [0.1, 0.15) is 0 Å². The average molecular weight is 322 g/mol. The second kappa shape index (κ2) is 6.01. The van der Waals surface area contributed by atoms with Gasteiger partial charge >= 0.3 is 0 Å². The quantitative estimate of drug-likeness (QED) is 0.905. The molecule has 0 unspecified atom stereocenters. The van der Waals surface area contributed by atoms with E-state index in [-0.39, 0.29) is 30.0 Å². The number of anilines is 1. The lowest BCUT2D eigenvalue weighted by molar-refractivity contribution is -0.117. The fourth-order valence-electron chi connectivity index (χ4n) is 3.33. The van der Waals surface area contributed by atoms with Gasteiger partial charge in [-0.3, -0.25) is 9.69 Å². The van der Waals surface area contributed by atoms with Gasteiger partial charge in [0, 0.05) is 11.7 Å². The van der Waals surface area contributed by atoms with Crippen LogP contribution in [0.4, 0.5) is 5.69 Å². The summed E-state index contributed by atoms with van der Waals surface area (Å²) in [6, 6.07) is 6.05. The van der Waals surface area contributed by atoms with Gasteiger partial charge in [-0.2, -0.15) is 0 Å². The van der Waals surface area contributed by atoms with Crippen molar-refractivity contribution in [1.82, 2.24) is 4.90 Å². The van der Waals surface area contributed by atoms with Crippen LogP contribution in [0, 0.1) is 0 Å². The van der Waals surface area contributed by atoms with Gasteiger partial charge in [0.15, 0.2) is 9.84 Å². The minimum atomic E-state index is -2.92. The molecule has 0 aromatic heterocycles. The number of sulfone groups is 1. The summed E-state index contributed by atoms with van der Waals surface area (Å²) in [5.41, 5.74) is 3.54. The number of carbonyl (C=O) groups excluding carboxylic acids is 1. The maximum atomic E-state index is 12.1. The summed E-state index contributed by atoms with van der Waals surface area (Å²) >= 11 is 0. The highest BCUT2D eigenvalue weighted by Crippen LogP contribution is 2.25. The maximum absolute atomic E-state index is 12.1. The van der Waals surface area contributed by atoms with E-state index in [1.54, 1.807) is 0 Å². The minimum Gasteiger partial charge on any atom is -0.325 e. The van der Waals surface area contributed by atoms with Gasteiger partial charge in [-0.25, -0.2) is 8.42 Å². The third kappa shape index (κ3) is 3.50. The number of aryl methyl sites for hydroxylation is 2. The highest BCUT2D eigenvalue weighted by molar-refractivity contribution is 7.91. The predicted molar refractivity (Wildman–Crippen MR) is 86.8 cm³/mol. The van der Waals surface area contributed by atoms with E-state index >= 15 is 0 Å². The van der Waals surface area contributed by atoms with Crippen molar-refractivity contribution in [2.24, 2.45) is 0 Å². The van der Waals surface area contributed by atoms with E-state index in [1.165, 1.54) is 17.5 Å². The second-order valence-corrected chi connectivity index (χ2v) is 8.59. The first-order chi connectivity index (χ1) is 10.4. The molecule has 1 aromatic rings. The number of nitrogens with one attached hydrogen (secondary N) is 1. The summed E-state index contributed by atoms with van der Waals surface area (Å²) in [5.74, 6) is 0.300. The van der Waals surface area contributed by atoms with Crippen molar-refractivity contribution < 1.29 is 13.2 Å². The standard InChI is InChI=1S/C16H22N2O3S/c1-18(15-7-8-22(20,21)11-15)10-16(19)17-14-6-5-12-3-2-4-13(12)9-14/h5-6,9,15H,2-4,7-8,10-11H2,1H3,(H,17,19)/t15-/m0/s1. The van der Waals surface area contributed by atoms with Crippen LogP contribution in [0.15, 0.2) is 18.2 Å². The summed E-state index contributed by atoms with van der Waals surface area (Å²) in [6.45, 7) is 0.220. The van der Waals surface area contributed by atoms with Gasteiger partial charge in [-0.1, -0.05) is 6.07 Å². The fourth-order valence-corrected chi connectivity index (χ4v) is 5.13. The predicted octanol–water partition coefficient (Wildman–Crippen LogP) is 1.23. The molecule has 5 nitrogen and oxygen atoms in total.